The van der Waals surface area contributed by atoms with Crippen molar-refractivity contribution in [3.8, 4) is 17.0 Å². The van der Waals surface area contributed by atoms with E-state index in [4.69, 9.17) is 21.1 Å². The van der Waals surface area contributed by atoms with Gasteiger partial charge in [-0.2, -0.15) is 0 Å². The van der Waals surface area contributed by atoms with Gasteiger partial charge in [0.15, 0.2) is 0 Å². The zero-order chi connectivity index (χ0) is 32.5. The zero-order valence-electron chi connectivity index (χ0n) is 25.8. The van der Waals surface area contributed by atoms with Crippen LogP contribution in [0.4, 0.5) is 13.6 Å². The summed E-state index contributed by atoms with van der Waals surface area (Å²) in [5.41, 5.74) is 1.55. The molecule has 12 heteroatoms. The van der Waals surface area contributed by atoms with E-state index >= 15 is 0 Å². The summed E-state index contributed by atoms with van der Waals surface area (Å²) in [4.78, 5) is 39.0. The summed E-state index contributed by atoms with van der Waals surface area (Å²) in [5, 5.41) is -0.212. The van der Waals surface area contributed by atoms with E-state index in [0.29, 0.717) is 37.1 Å². The van der Waals surface area contributed by atoms with Crippen LogP contribution in [0.25, 0.3) is 21.3 Å². The van der Waals surface area contributed by atoms with Gasteiger partial charge in [0.25, 0.3) is 5.91 Å². The van der Waals surface area contributed by atoms with Gasteiger partial charge in [-0.3, -0.25) is 14.8 Å². The molecule has 5 rings (SSSR count). The average molecular weight is 657 g/mol. The first-order valence-electron chi connectivity index (χ1n) is 14.6. The number of nitrogens with zero attached hydrogens (tertiary/aromatic N) is 4. The van der Waals surface area contributed by atoms with E-state index in [2.05, 4.69) is 9.97 Å². The van der Waals surface area contributed by atoms with Crippen LogP contribution in [0, 0.1) is 11.6 Å². The molecule has 1 aliphatic carbocycles. The molecule has 1 fully saturated rings. The molecule has 2 aromatic carbocycles. The van der Waals surface area contributed by atoms with Gasteiger partial charge in [-0.15, -0.1) is 11.3 Å². The number of fused-ring (bicyclic) bond motifs is 1. The third kappa shape index (κ3) is 7.04. The standard InChI is InChI=1S/C33H35ClF2N4O4S/c1-33(2,3)44-32(42)39(4)21-7-9-22(10-8-21)40(31(41)30-28(34)27-23(35)11-12-24(36)29(27)45-30)18-20-16-19(6-13-26(20)43-5)25-17-37-14-15-38-25/h6,11-17,21-22H,7-10,18H2,1-5H3. The second-order valence-electron chi connectivity index (χ2n) is 12.1. The monoisotopic (exact) mass is 656 g/mol. The number of carbonyl (C=O) groups excluding carboxylic acids is 2. The topological polar surface area (TPSA) is 84.9 Å². The number of thiophene rings is 1. The van der Waals surface area contributed by atoms with Crippen LogP contribution in [-0.2, 0) is 11.3 Å². The summed E-state index contributed by atoms with van der Waals surface area (Å²) in [5.74, 6) is -1.20. The van der Waals surface area contributed by atoms with Crippen molar-refractivity contribution in [1.82, 2.24) is 19.8 Å². The van der Waals surface area contributed by atoms with Crippen LogP contribution in [0.1, 0.15) is 61.7 Å². The van der Waals surface area contributed by atoms with E-state index in [9.17, 15) is 18.4 Å². The molecule has 8 nitrogen and oxygen atoms in total. The molecule has 1 aliphatic rings. The number of hydrogen-bond donors (Lipinski definition) is 0. The number of benzene rings is 2. The first-order valence-corrected chi connectivity index (χ1v) is 15.8. The van der Waals surface area contributed by atoms with Crippen molar-refractivity contribution < 1.29 is 27.8 Å². The lowest BCUT2D eigenvalue weighted by atomic mass is 9.89. The van der Waals surface area contributed by atoms with Crippen LogP contribution in [0.3, 0.4) is 0 Å². The fourth-order valence-corrected chi connectivity index (χ4v) is 7.17. The maximum atomic E-state index is 14.8. The molecule has 0 radical (unpaired) electrons. The molecule has 0 unspecified atom stereocenters. The van der Waals surface area contributed by atoms with Crippen LogP contribution >= 0.6 is 22.9 Å². The third-order valence-corrected chi connectivity index (χ3v) is 9.63. The van der Waals surface area contributed by atoms with Crippen LogP contribution in [0.2, 0.25) is 5.02 Å². The Morgan fingerprint density at radius 2 is 1.73 bits per heavy atom. The van der Waals surface area contributed by atoms with Gasteiger partial charge in [0.1, 0.15) is 27.9 Å². The van der Waals surface area contributed by atoms with Gasteiger partial charge < -0.3 is 19.3 Å². The Bertz CT molecular complexity index is 1700. The van der Waals surface area contributed by atoms with E-state index in [0.717, 1.165) is 34.6 Å². The summed E-state index contributed by atoms with van der Waals surface area (Å²) in [6.45, 7) is 5.61. The minimum atomic E-state index is -0.692. The second kappa shape index (κ2) is 13.3. The fourth-order valence-electron chi connectivity index (χ4n) is 5.67. The van der Waals surface area contributed by atoms with E-state index in [1.165, 1.54) is 0 Å². The predicted octanol–water partition coefficient (Wildman–Crippen LogP) is 8.12. The molecule has 0 saturated heterocycles. The Labute approximate surface area is 269 Å². The van der Waals surface area contributed by atoms with Gasteiger partial charge in [-0.25, -0.2) is 13.6 Å². The lowest BCUT2D eigenvalue weighted by Crippen LogP contribution is -2.47. The maximum Gasteiger partial charge on any atom is 0.410 e. The molecule has 0 spiro atoms. The first kappa shape index (κ1) is 32.6. The molecule has 2 aromatic heterocycles. The van der Waals surface area contributed by atoms with E-state index in [1.807, 2.05) is 39.0 Å². The highest BCUT2D eigenvalue weighted by molar-refractivity contribution is 7.21. The number of halogens is 3. The minimum absolute atomic E-state index is 0.00627. The molecule has 0 N–H and O–H groups in total. The Morgan fingerprint density at radius 3 is 2.36 bits per heavy atom. The second-order valence-corrected chi connectivity index (χ2v) is 13.5. The lowest BCUT2D eigenvalue weighted by Gasteiger charge is -2.40. The van der Waals surface area contributed by atoms with Gasteiger partial charge in [-0.05, 0) is 76.8 Å². The van der Waals surface area contributed by atoms with Crippen molar-refractivity contribution >= 4 is 45.0 Å². The summed E-state index contributed by atoms with van der Waals surface area (Å²) in [6.07, 6.45) is 6.87. The van der Waals surface area contributed by atoms with Gasteiger partial charge in [0.2, 0.25) is 0 Å². The van der Waals surface area contributed by atoms with Crippen LogP contribution < -0.4 is 4.74 Å². The molecule has 4 aromatic rings. The lowest BCUT2D eigenvalue weighted by molar-refractivity contribution is 0.0144. The molecule has 2 amide bonds. The van der Waals surface area contributed by atoms with Crippen molar-refractivity contribution in [2.45, 2.75) is 70.7 Å². The number of rotatable bonds is 7. The van der Waals surface area contributed by atoms with Crippen molar-refractivity contribution in [3.05, 3.63) is 76.0 Å². The van der Waals surface area contributed by atoms with Gasteiger partial charge in [-0.1, -0.05) is 11.6 Å². The number of ether oxygens (including phenoxy) is 2. The predicted molar refractivity (Wildman–Crippen MR) is 171 cm³/mol. The fraction of sp³-hybridized carbons (Fsp3) is 0.394. The Kier molecular flexibility index (Phi) is 9.60. The molecule has 2 heterocycles. The van der Waals surface area contributed by atoms with Crippen LogP contribution in [0.15, 0.2) is 48.9 Å². The molecule has 0 aliphatic heterocycles. The summed E-state index contributed by atoms with van der Waals surface area (Å²) in [7, 11) is 3.28. The van der Waals surface area contributed by atoms with E-state index < -0.39 is 29.2 Å². The highest BCUT2D eigenvalue weighted by Gasteiger charge is 2.35. The van der Waals surface area contributed by atoms with Gasteiger partial charge in [0, 0.05) is 49.2 Å². The molecule has 1 saturated carbocycles. The average Bonchev–Trinajstić information content (AvgIpc) is 3.38. The highest BCUT2D eigenvalue weighted by Crippen LogP contribution is 2.41. The van der Waals surface area contributed by atoms with Crippen LogP contribution in [0.5, 0.6) is 5.75 Å². The highest BCUT2D eigenvalue weighted by atomic mass is 35.5. The van der Waals surface area contributed by atoms with Gasteiger partial charge in [0.05, 0.1) is 34.1 Å². The Morgan fingerprint density at radius 1 is 1.04 bits per heavy atom. The summed E-state index contributed by atoms with van der Waals surface area (Å²) >= 11 is 7.43. The SMILES string of the molecule is COc1ccc(-c2cnccn2)cc1CN(C(=O)c1sc2c(F)ccc(F)c2c1Cl)C1CCC(N(C)C(=O)OC(C)(C)C)CC1. The first-order chi connectivity index (χ1) is 21.4. The van der Waals surface area contributed by atoms with Crippen molar-refractivity contribution in [2.24, 2.45) is 0 Å². The molecule has 0 atom stereocenters. The number of carbonyl (C=O) groups is 2. The smallest absolute Gasteiger partial charge is 0.410 e. The van der Waals surface area contributed by atoms with Gasteiger partial charge >= 0.3 is 6.09 Å². The molecular formula is C33H35ClF2N4O4S. The zero-order valence-corrected chi connectivity index (χ0v) is 27.3. The Balaban J connectivity index is 1.49. The number of hydrogen-bond acceptors (Lipinski definition) is 7. The molecule has 0 bridgehead atoms. The molecule has 238 valence electrons. The maximum absolute atomic E-state index is 14.8. The number of aromatic nitrogens is 2. The minimum Gasteiger partial charge on any atom is -0.496 e. The number of methoxy groups -OCH3 is 1. The summed E-state index contributed by atoms with van der Waals surface area (Å²) in [6, 6.07) is 7.29. The molecule has 45 heavy (non-hydrogen) atoms. The summed E-state index contributed by atoms with van der Waals surface area (Å²) < 4.78 is 40.7. The molecular weight excluding hydrogens is 622 g/mol. The van der Waals surface area contributed by atoms with E-state index in [-0.39, 0.29) is 38.6 Å². The van der Waals surface area contributed by atoms with Crippen molar-refractivity contribution in [3.63, 3.8) is 0 Å². The van der Waals surface area contributed by atoms with Crippen LogP contribution in [-0.4, -0.2) is 63.6 Å². The Hall–Kier alpha value is -3.83. The number of amides is 2. The van der Waals surface area contributed by atoms with E-state index in [1.54, 1.807) is 42.5 Å². The normalized spacial score (nSPS) is 16.8. The van der Waals surface area contributed by atoms with Crippen molar-refractivity contribution in [1.29, 1.82) is 0 Å². The quantitative estimate of drug-likeness (QED) is 0.200. The largest absolute Gasteiger partial charge is 0.496 e. The van der Waals surface area contributed by atoms with Crippen molar-refractivity contribution in [2.75, 3.05) is 14.2 Å². The third-order valence-electron chi connectivity index (χ3n) is 7.95.